The molecule has 0 saturated carbocycles. The van der Waals surface area contributed by atoms with Crippen LogP contribution in [0.1, 0.15) is 40.2 Å². The zero-order chi connectivity index (χ0) is 25.1. The Morgan fingerprint density at radius 3 is 2.33 bits per heavy atom. The number of benzene rings is 2. The van der Waals surface area contributed by atoms with Crippen LogP contribution < -0.4 is 11.1 Å². The van der Waals surface area contributed by atoms with Gasteiger partial charge in [-0.15, -0.1) is 5.10 Å². The van der Waals surface area contributed by atoms with Crippen molar-refractivity contribution in [3.8, 4) is 16.8 Å². The number of piperazine rings is 1. The third-order valence-corrected chi connectivity index (χ3v) is 6.53. The van der Waals surface area contributed by atoms with Crippen LogP contribution in [0.2, 0.25) is 0 Å². The quantitative estimate of drug-likeness (QED) is 0.421. The van der Waals surface area contributed by atoms with Crippen LogP contribution in [-0.4, -0.2) is 56.2 Å². The second kappa shape index (κ2) is 10.4. The summed E-state index contributed by atoms with van der Waals surface area (Å²) in [5.74, 6) is 0.0114. The molecule has 2 aromatic carbocycles. The maximum absolute atomic E-state index is 11.3. The number of amides is 1. The fourth-order valence-corrected chi connectivity index (χ4v) is 4.62. The first-order valence-electron chi connectivity index (χ1n) is 12.3. The van der Waals surface area contributed by atoms with Gasteiger partial charge in [-0.1, -0.05) is 42.5 Å². The molecule has 3 heterocycles. The van der Waals surface area contributed by atoms with Gasteiger partial charge in [-0.05, 0) is 55.2 Å². The number of nitrogens with one attached hydrogen (secondary N) is 1. The lowest BCUT2D eigenvalue weighted by Crippen LogP contribution is -2.48. The van der Waals surface area contributed by atoms with Crippen molar-refractivity contribution >= 4 is 5.91 Å². The van der Waals surface area contributed by atoms with Gasteiger partial charge in [0.15, 0.2) is 0 Å². The molecule has 1 atom stereocenters. The van der Waals surface area contributed by atoms with Crippen LogP contribution >= 0.6 is 0 Å². The fraction of sp³-hybridized carbons (Fsp3) is 0.286. The van der Waals surface area contributed by atoms with Crippen molar-refractivity contribution in [2.24, 2.45) is 5.73 Å². The number of hydrogen-bond acceptors (Lipinski definition) is 6. The van der Waals surface area contributed by atoms with E-state index in [-0.39, 0.29) is 5.82 Å². The SMILES string of the molecule is Cc1nc(C(N)=O)nn1-c1ccc(Cc2ccc(-c3ccc(CN4CCN[C@@H](C)C4)nc3)cc2)cc1. The molecular weight excluding hydrogens is 450 g/mol. The minimum atomic E-state index is -0.631. The summed E-state index contributed by atoms with van der Waals surface area (Å²) in [5, 5.41) is 7.67. The normalized spacial score (nSPS) is 16.2. The van der Waals surface area contributed by atoms with Crippen LogP contribution in [0.3, 0.4) is 0 Å². The molecule has 1 saturated heterocycles. The smallest absolute Gasteiger partial charge is 0.288 e. The van der Waals surface area contributed by atoms with E-state index in [0.29, 0.717) is 11.9 Å². The molecule has 0 unspecified atom stereocenters. The van der Waals surface area contributed by atoms with Gasteiger partial charge in [0.2, 0.25) is 5.82 Å². The predicted molar refractivity (Wildman–Crippen MR) is 140 cm³/mol. The van der Waals surface area contributed by atoms with Gasteiger partial charge in [0.1, 0.15) is 5.82 Å². The van der Waals surface area contributed by atoms with E-state index in [4.69, 9.17) is 10.7 Å². The molecule has 5 rings (SSSR count). The molecule has 0 radical (unpaired) electrons. The summed E-state index contributed by atoms with van der Waals surface area (Å²) in [6, 6.07) is 21.6. The van der Waals surface area contributed by atoms with Crippen LogP contribution in [0, 0.1) is 6.92 Å². The van der Waals surface area contributed by atoms with Crippen molar-refractivity contribution in [3.63, 3.8) is 0 Å². The third-order valence-electron chi connectivity index (χ3n) is 6.53. The maximum atomic E-state index is 11.3. The van der Waals surface area contributed by atoms with Crippen molar-refractivity contribution in [3.05, 3.63) is 95.3 Å². The van der Waals surface area contributed by atoms with Crippen LogP contribution in [0.15, 0.2) is 66.9 Å². The first kappa shape index (κ1) is 23.8. The molecular formula is C28H31N7O. The van der Waals surface area contributed by atoms with E-state index in [1.54, 1.807) is 11.6 Å². The lowest BCUT2D eigenvalue weighted by molar-refractivity contribution is 0.0990. The second-order valence-electron chi connectivity index (χ2n) is 9.43. The lowest BCUT2D eigenvalue weighted by Gasteiger charge is -2.31. The molecule has 1 fully saturated rings. The zero-order valence-electron chi connectivity index (χ0n) is 20.7. The molecule has 8 nitrogen and oxygen atoms in total. The maximum Gasteiger partial charge on any atom is 0.288 e. The number of primary amides is 1. The van der Waals surface area contributed by atoms with E-state index >= 15 is 0 Å². The fourth-order valence-electron chi connectivity index (χ4n) is 4.62. The highest BCUT2D eigenvalue weighted by atomic mass is 16.1. The van der Waals surface area contributed by atoms with Crippen LogP contribution in [-0.2, 0) is 13.0 Å². The van der Waals surface area contributed by atoms with Crippen LogP contribution in [0.25, 0.3) is 16.8 Å². The number of carbonyl (C=O) groups excluding carboxylic acids is 1. The number of aryl methyl sites for hydroxylation is 1. The summed E-state index contributed by atoms with van der Waals surface area (Å²) in [6.07, 6.45) is 2.80. The molecule has 1 aliphatic rings. The molecule has 3 N–H and O–H groups in total. The van der Waals surface area contributed by atoms with Crippen molar-refractivity contribution in [2.45, 2.75) is 32.9 Å². The minimum Gasteiger partial charge on any atom is -0.363 e. The third kappa shape index (κ3) is 5.50. The first-order valence-corrected chi connectivity index (χ1v) is 12.3. The number of rotatable bonds is 7. The van der Waals surface area contributed by atoms with Gasteiger partial charge in [0.25, 0.3) is 5.91 Å². The molecule has 1 amide bonds. The van der Waals surface area contributed by atoms with E-state index in [0.717, 1.165) is 55.1 Å². The Morgan fingerprint density at radius 1 is 1.03 bits per heavy atom. The lowest BCUT2D eigenvalue weighted by atomic mass is 10.0. The molecule has 8 heteroatoms. The van der Waals surface area contributed by atoms with Gasteiger partial charge in [-0.3, -0.25) is 14.7 Å². The topological polar surface area (TPSA) is 102 Å². The minimum absolute atomic E-state index is 0.0238. The summed E-state index contributed by atoms with van der Waals surface area (Å²) < 4.78 is 1.63. The summed E-state index contributed by atoms with van der Waals surface area (Å²) >= 11 is 0. The molecule has 184 valence electrons. The summed E-state index contributed by atoms with van der Waals surface area (Å²) in [6.45, 7) is 8.08. The molecule has 1 aliphatic heterocycles. The average molecular weight is 482 g/mol. The van der Waals surface area contributed by atoms with Gasteiger partial charge in [0.05, 0.1) is 11.4 Å². The molecule has 0 aliphatic carbocycles. The van der Waals surface area contributed by atoms with Crippen molar-refractivity contribution in [1.82, 2.24) is 30.0 Å². The van der Waals surface area contributed by atoms with Crippen molar-refractivity contribution in [1.29, 1.82) is 0 Å². The van der Waals surface area contributed by atoms with Gasteiger partial charge >= 0.3 is 0 Å². The van der Waals surface area contributed by atoms with E-state index in [2.05, 4.69) is 75.8 Å². The highest BCUT2D eigenvalue weighted by Crippen LogP contribution is 2.21. The number of nitrogens with zero attached hydrogens (tertiary/aromatic N) is 5. The van der Waals surface area contributed by atoms with Crippen molar-refractivity contribution in [2.75, 3.05) is 19.6 Å². The largest absolute Gasteiger partial charge is 0.363 e. The highest BCUT2D eigenvalue weighted by Gasteiger charge is 2.16. The highest BCUT2D eigenvalue weighted by molar-refractivity contribution is 5.88. The summed E-state index contributed by atoms with van der Waals surface area (Å²) in [7, 11) is 0. The Balaban J connectivity index is 1.21. The van der Waals surface area contributed by atoms with Gasteiger partial charge in [-0.2, -0.15) is 0 Å². The Bertz CT molecular complexity index is 1330. The van der Waals surface area contributed by atoms with Crippen LogP contribution in [0.5, 0.6) is 0 Å². The molecule has 2 aromatic heterocycles. The van der Waals surface area contributed by atoms with Gasteiger partial charge < -0.3 is 11.1 Å². The Kier molecular flexibility index (Phi) is 6.88. The zero-order valence-corrected chi connectivity index (χ0v) is 20.7. The standard InChI is InChI=1S/C28H31N7O/c1-19-17-34(14-13-30-19)18-25-10-9-24(16-31-25)23-7-3-21(4-8-23)15-22-5-11-26(12-6-22)35-20(2)32-28(33-35)27(29)36/h3-12,16,19,30H,13-15,17-18H2,1-2H3,(H2,29,36)/t19-/m0/s1. The van der Waals surface area contributed by atoms with E-state index in [1.807, 2.05) is 18.3 Å². The van der Waals surface area contributed by atoms with Gasteiger partial charge in [-0.25, -0.2) is 9.67 Å². The Hall–Kier alpha value is -3.88. The Morgan fingerprint density at radius 2 is 1.72 bits per heavy atom. The van der Waals surface area contributed by atoms with E-state index < -0.39 is 5.91 Å². The summed E-state index contributed by atoms with van der Waals surface area (Å²) in [4.78, 5) is 22.6. The number of nitrogens with two attached hydrogens (primary N) is 1. The van der Waals surface area contributed by atoms with Crippen molar-refractivity contribution < 1.29 is 4.79 Å². The number of hydrogen-bond donors (Lipinski definition) is 2. The first-order chi connectivity index (χ1) is 17.4. The van der Waals surface area contributed by atoms with Crippen LogP contribution in [0.4, 0.5) is 0 Å². The van der Waals surface area contributed by atoms with E-state index in [9.17, 15) is 4.79 Å². The average Bonchev–Trinajstić information content (AvgIpc) is 3.28. The molecule has 36 heavy (non-hydrogen) atoms. The number of pyridine rings is 1. The second-order valence-corrected chi connectivity index (χ2v) is 9.43. The monoisotopic (exact) mass is 481 g/mol. The number of carbonyl (C=O) groups is 1. The molecule has 0 spiro atoms. The molecule has 4 aromatic rings. The summed E-state index contributed by atoms with van der Waals surface area (Å²) in [5.41, 5.74) is 12.0. The molecule has 0 bridgehead atoms. The predicted octanol–water partition coefficient (Wildman–Crippen LogP) is 3.12. The Labute approximate surface area is 211 Å². The number of aromatic nitrogens is 4. The van der Waals surface area contributed by atoms with Gasteiger partial charge in [0, 0.05) is 44.0 Å². The van der Waals surface area contributed by atoms with E-state index in [1.165, 1.54) is 11.1 Å².